The summed E-state index contributed by atoms with van der Waals surface area (Å²) in [4.78, 5) is 17.4. The van der Waals surface area contributed by atoms with Crippen molar-refractivity contribution in [3.8, 4) is 6.07 Å². The lowest BCUT2D eigenvalue weighted by Crippen LogP contribution is -2.32. The fraction of sp³-hybridized carbons (Fsp3) is 0.462. The van der Waals surface area contributed by atoms with Crippen molar-refractivity contribution < 1.29 is 9.53 Å². The number of carbonyl (C=O) groups excluding carboxylic acids is 1. The summed E-state index contributed by atoms with van der Waals surface area (Å²) in [6.07, 6.45) is 1.64. The molecule has 5 nitrogen and oxygen atoms in total. The SMILES string of the molecule is CCOC(=O)CN(CC)c1nccc(C)c1C#N. The first-order valence-electron chi connectivity index (χ1n) is 5.90. The fourth-order valence-electron chi connectivity index (χ4n) is 1.62. The molecule has 0 amide bonds. The van der Waals surface area contributed by atoms with Crippen molar-refractivity contribution >= 4 is 11.8 Å². The highest BCUT2D eigenvalue weighted by molar-refractivity contribution is 5.76. The van der Waals surface area contributed by atoms with Crippen LogP contribution in [0.1, 0.15) is 25.0 Å². The zero-order chi connectivity index (χ0) is 13.5. The molecule has 96 valence electrons. The van der Waals surface area contributed by atoms with Gasteiger partial charge >= 0.3 is 5.97 Å². The number of rotatable bonds is 5. The standard InChI is InChI=1S/C13H17N3O2/c1-4-16(9-12(17)18-5-2)13-11(8-14)10(3)6-7-15-13/h6-7H,4-5,9H2,1-3H3. The number of esters is 1. The number of aryl methyl sites for hydroxylation is 1. The third-order valence-electron chi connectivity index (χ3n) is 2.56. The van der Waals surface area contributed by atoms with Crippen LogP contribution in [-0.4, -0.2) is 30.6 Å². The molecule has 0 spiro atoms. The van der Waals surface area contributed by atoms with Gasteiger partial charge in [-0.15, -0.1) is 0 Å². The zero-order valence-corrected chi connectivity index (χ0v) is 10.9. The molecule has 0 aliphatic carbocycles. The van der Waals surface area contributed by atoms with Gasteiger partial charge in [0.05, 0.1) is 12.2 Å². The number of nitrogens with zero attached hydrogens (tertiary/aromatic N) is 3. The Kier molecular flexibility index (Phi) is 5.12. The third-order valence-corrected chi connectivity index (χ3v) is 2.56. The molecule has 0 saturated heterocycles. The molecule has 1 aromatic heterocycles. The predicted molar refractivity (Wildman–Crippen MR) is 68.2 cm³/mol. The van der Waals surface area contributed by atoms with Gasteiger partial charge in [-0.05, 0) is 32.4 Å². The molecule has 0 aromatic carbocycles. The van der Waals surface area contributed by atoms with E-state index in [1.807, 2.05) is 13.8 Å². The molecule has 0 fully saturated rings. The third kappa shape index (κ3) is 3.20. The molecule has 18 heavy (non-hydrogen) atoms. The zero-order valence-electron chi connectivity index (χ0n) is 10.9. The fourth-order valence-corrected chi connectivity index (χ4v) is 1.62. The van der Waals surface area contributed by atoms with E-state index < -0.39 is 0 Å². The Morgan fingerprint density at radius 1 is 1.56 bits per heavy atom. The van der Waals surface area contributed by atoms with Gasteiger partial charge in [-0.1, -0.05) is 0 Å². The van der Waals surface area contributed by atoms with Gasteiger partial charge in [0, 0.05) is 12.7 Å². The predicted octanol–water partition coefficient (Wildman–Crippen LogP) is 1.65. The number of ether oxygens (including phenoxy) is 1. The Morgan fingerprint density at radius 3 is 2.83 bits per heavy atom. The van der Waals surface area contributed by atoms with E-state index in [9.17, 15) is 4.79 Å². The van der Waals surface area contributed by atoms with Crippen molar-refractivity contribution in [2.24, 2.45) is 0 Å². The number of carbonyl (C=O) groups is 1. The molecule has 0 saturated carbocycles. The van der Waals surface area contributed by atoms with Gasteiger partial charge in [0.2, 0.25) is 0 Å². The highest BCUT2D eigenvalue weighted by Gasteiger charge is 2.16. The van der Waals surface area contributed by atoms with E-state index in [-0.39, 0.29) is 12.5 Å². The van der Waals surface area contributed by atoms with Gasteiger partial charge in [0.15, 0.2) is 0 Å². The van der Waals surface area contributed by atoms with Crippen molar-refractivity contribution in [1.82, 2.24) is 4.98 Å². The summed E-state index contributed by atoms with van der Waals surface area (Å²) in [5.74, 6) is 0.222. The van der Waals surface area contributed by atoms with Gasteiger partial charge in [-0.2, -0.15) is 5.26 Å². The number of hydrogen-bond donors (Lipinski definition) is 0. The summed E-state index contributed by atoms with van der Waals surface area (Å²) in [5, 5.41) is 9.15. The van der Waals surface area contributed by atoms with Crippen LogP contribution in [0, 0.1) is 18.3 Å². The Morgan fingerprint density at radius 2 is 2.28 bits per heavy atom. The summed E-state index contributed by atoms with van der Waals surface area (Å²) in [5.41, 5.74) is 1.36. The normalized spacial score (nSPS) is 9.67. The number of hydrogen-bond acceptors (Lipinski definition) is 5. The van der Waals surface area contributed by atoms with Crippen molar-refractivity contribution in [3.05, 3.63) is 23.4 Å². The monoisotopic (exact) mass is 247 g/mol. The Balaban J connectivity index is 2.99. The number of pyridine rings is 1. The average molecular weight is 247 g/mol. The van der Waals surface area contributed by atoms with E-state index >= 15 is 0 Å². The van der Waals surface area contributed by atoms with Crippen LogP contribution in [0.4, 0.5) is 5.82 Å². The lowest BCUT2D eigenvalue weighted by atomic mass is 10.1. The second-order valence-electron chi connectivity index (χ2n) is 3.76. The van der Waals surface area contributed by atoms with Crippen molar-refractivity contribution in [3.63, 3.8) is 0 Å². The van der Waals surface area contributed by atoms with Crippen LogP contribution in [-0.2, 0) is 9.53 Å². The van der Waals surface area contributed by atoms with Crippen LogP contribution >= 0.6 is 0 Å². The van der Waals surface area contributed by atoms with Crippen LogP contribution in [0.15, 0.2) is 12.3 Å². The summed E-state index contributed by atoms with van der Waals surface area (Å²) in [6.45, 7) is 6.56. The molecule has 0 aliphatic heterocycles. The quantitative estimate of drug-likeness (QED) is 0.740. The van der Waals surface area contributed by atoms with E-state index in [0.717, 1.165) is 5.56 Å². The van der Waals surface area contributed by atoms with Crippen molar-refractivity contribution in [2.45, 2.75) is 20.8 Å². The Hall–Kier alpha value is -2.09. The maximum atomic E-state index is 11.5. The second kappa shape index (κ2) is 6.60. The number of likely N-dealkylation sites (N-methyl/N-ethyl adjacent to an activating group) is 1. The van der Waals surface area contributed by atoms with Gasteiger partial charge in [-0.25, -0.2) is 4.98 Å². The van der Waals surface area contributed by atoms with E-state index in [1.54, 1.807) is 24.1 Å². The van der Waals surface area contributed by atoms with Crippen LogP contribution in [0.25, 0.3) is 0 Å². The first kappa shape index (κ1) is 14.0. The molecule has 0 unspecified atom stereocenters. The molecule has 1 aromatic rings. The minimum absolute atomic E-state index is 0.107. The molecule has 0 aliphatic rings. The summed E-state index contributed by atoms with van der Waals surface area (Å²) < 4.78 is 4.91. The summed E-state index contributed by atoms with van der Waals surface area (Å²) >= 11 is 0. The van der Waals surface area contributed by atoms with E-state index in [2.05, 4.69) is 11.1 Å². The Bertz CT molecular complexity index is 466. The van der Waals surface area contributed by atoms with Gasteiger partial charge in [-0.3, -0.25) is 4.79 Å². The average Bonchev–Trinajstić information content (AvgIpc) is 2.36. The maximum Gasteiger partial charge on any atom is 0.325 e. The first-order valence-corrected chi connectivity index (χ1v) is 5.90. The van der Waals surface area contributed by atoms with Crippen molar-refractivity contribution in [1.29, 1.82) is 5.26 Å². The van der Waals surface area contributed by atoms with Crippen LogP contribution in [0.3, 0.4) is 0 Å². The van der Waals surface area contributed by atoms with E-state index in [0.29, 0.717) is 24.5 Å². The number of aromatic nitrogens is 1. The molecule has 0 atom stereocenters. The maximum absolute atomic E-state index is 11.5. The van der Waals surface area contributed by atoms with Crippen LogP contribution in [0.2, 0.25) is 0 Å². The van der Waals surface area contributed by atoms with Crippen LogP contribution < -0.4 is 4.90 Å². The molecule has 1 heterocycles. The second-order valence-corrected chi connectivity index (χ2v) is 3.76. The highest BCUT2D eigenvalue weighted by atomic mass is 16.5. The molecular formula is C13H17N3O2. The van der Waals surface area contributed by atoms with Gasteiger partial charge < -0.3 is 9.64 Å². The van der Waals surface area contributed by atoms with Crippen molar-refractivity contribution in [2.75, 3.05) is 24.6 Å². The van der Waals surface area contributed by atoms with Gasteiger partial charge in [0.25, 0.3) is 0 Å². The highest BCUT2D eigenvalue weighted by Crippen LogP contribution is 2.19. The van der Waals surface area contributed by atoms with E-state index in [4.69, 9.17) is 10.00 Å². The molecule has 0 bridgehead atoms. The molecule has 1 rings (SSSR count). The molecule has 0 N–H and O–H groups in total. The minimum Gasteiger partial charge on any atom is -0.465 e. The first-order chi connectivity index (χ1) is 8.63. The lowest BCUT2D eigenvalue weighted by molar-refractivity contribution is -0.141. The van der Waals surface area contributed by atoms with Gasteiger partial charge in [0.1, 0.15) is 18.4 Å². The number of nitriles is 1. The van der Waals surface area contributed by atoms with E-state index in [1.165, 1.54) is 0 Å². The lowest BCUT2D eigenvalue weighted by Gasteiger charge is -2.22. The molecular weight excluding hydrogens is 230 g/mol. The topological polar surface area (TPSA) is 66.2 Å². The summed E-state index contributed by atoms with van der Waals surface area (Å²) in [7, 11) is 0. The number of anilines is 1. The largest absolute Gasteiger partial charge is 0.465 e. The smallest absolute Gasteiger partial charge is 0.325 e. The molecule has 5 heteroatoms. The Labute approximate surface area is 107 Å². The summed E-state index contributed by atoms with van der Waals surface area (Å²) in [6, 6.07) is 3.91. The van der Waals surface area contributed by atoms with Crippen LogP contribution in [0.5, 0.6) is 0 Å². The minimum atomic E-state index is -0.313. The molecule has 0 radical (unpaired) electrons.